The molecule has 336 valence electrons. The Morgan fingerprint density at radius 3 is 1.18 bits per heavy atom. The molecule has 1 aliphatic rings. The molecule has 0 N–H and O–H groups in total. The number of hydrogen-bond acceptors (Lipinski definition) is 10. The van der Waals surface area contributed by atoms with Gasteiger partial charge in [-0.1, -0.05) is 175 Å². The van der Waals surface area contributed by atoms with Crippen molar-refractivity contribution in [2.24, 2.45) is 0 Å². The third-order valence-electron chi connectivity index (χ3n) is 10.8. The molecule has 0 unspecified atom stereocenters. The van der Waals surface area contributed by atoms with Crippen molar-refractivity contribution in [3.8, 4) is 0 Å². The number of unbranched alkanes of at least 4 members (excludes halogenated alkanes) is 25. The first-order chi connectivity index (χ1) is 27.8. The molecule has 0 bridgehead atoms. The fourth-order valence-electron chi connectivity index (χ4n) is 7.19. The lowest BCUT2D eigenvalue weighted by Gasteiger charge is -2.19. The number of ether oxygens (including phenoxy) is 3. The van der Waals surface area contributed by atoms with Crippen molar-refractivity contribution in [2.75, 3.05) is 26.4 Å². The summed E-state index contributed by atoms with van der Waals surface area (Å²) in [5, 5.41) is 0. The summed E-state index contributed by atoms with van der Waals surface area (Å²) in [7, 11) is -3.70. The maximum absolute atomic E-state index is 12.7. The van der Waals surface area contributed by atoms with Gasteiger partial charge >= 0.3 is 25.7 Å². The van der Waals surface area contributed by atoms with E-state index in [1.807, 2.05) is 0 Å². The van der Waals surface area contributed by atoms with Crippen LogP contribution in [0.25, 0.3) is 0 Å². The lowest BCUT2D eigenvalue weighted by molar-refractivity contribution is -0.161. The van der Waals surface area contributed by atoms with E-state index in [0.717, 1.165) is 64.2 Å². The zero-order chi connectivity index (χ0) is 41.5. The van der Waals surface area contributed by atoms with E-state index in [0.29, 0.717) is 19.3 Å². The van der Waals surface area contributed by atoms with Crippen LogP contribution >= 0.6 is 7.82 Å². The van der Waals surface area contributed by atoms with Crippen LogP contribution in [-0.4, -0.2) is 56.5 Å². The van der Waals surface area contributed by atoms with E-state index >= 15 is 0 Å². The maximum atomic E-state index is 12.7. The Bertz CT molecular complexity index is 982. The van der Waals surface area contributed by atoms with Crippen LogP contribution in [0.5, 0.6) is 0 Å². The monoisotopic (exact) mass is 831 g/mol. The van der Waals surface area contributed by atoms with Crippen LogP contribution in [0.2, 0.25) is 0 Å². The number of carbonyl (C=O) groups excluding carboxylic acids is 3. The molecule has 1 aliphatic heterocycles. The topological polar surface area (TPSA) is 124 Å². The van der Waals surface area contributed by atoms with Crippen molar-refractivity contribution in [3.05, 3.63) is 0 Å². The van der Waals surface area contributed by atoms with Crippen LogP contribution in [0, 0.1) is 0 Å². The maximum Gasteiger partial charge on any atom is 0.475 e. The van der Waals surface area contributed by atoms with Gasteiger partial charge in [0.25, 0.3) is 0 Å². The minimum absolute atomic E-state index is 0.0189. The van der Waals surface area contributed by atoms with Crippen molar-refractivity contribution in [2.45, 2.75) is 251 Å². The Labute approximate surface area is 349 Å². The second-order valence-corrected chi connectivity index (χ2v) is 18.0. The highest BCUT2D eigenvalue weighted by Gasteiger charge is 2.34. The molecule has 10 nitrogen and oxygen atoms in total. The Balaban J connectivity index is 2.32. The van der Waals surface area contributed by atoms with Gasteiger partial charge in [0, 0.05) is 19.3 Å². The summed E-state index contributed by atoms with van der Waals surface area (Å²) in [5.74, 6) is -0.917. The first-order valence-electron chi connectivity index (χ1n) is 23.9. The zero-order valence-electron chi connectivity index (χ0n) is 37.1. The van der Waals surface area contributed by atoms with Crippen molar-refractivity contribution in [1.82, 2.24) is 0 Å². The Kier molecular flexibility index (Phi) is 36.4. The third-order valence-corrected chi connectivity index (χ3v) is 12.2. The fraction of sp³-hybridized carbons (Fsp3) is 0.935. The standard InChI is InChI=1S/C46H87O10P/c1-4-7-10-13-16-17-18-19-20-21-22-25-30-35-44(47)51-40-43(41-54-57(50)52-38-39-53-57)56-46(49)37-32-27-26-31-36-45(48)55-42(33-28-23-14-11-8-5-2)34-29-24-15-12-9-6-3/h42-43H,4-41H2,1-3H3/t43-/m0/s1. The van der Waals surface area contributed by atoms with Crippen LogP contribution in [0.15, 0.2) is 0 Å². The van der Waals surface area contributed by atoms with E-state index < -0.39 is 19.9 Å². The molecule has 0 aromatic rings. The second kappa shape index (κ2) is 38.7. The van der Waals surface area contributed by atoms with Gasteiger partial charge in [-0.05, 0) is 44.9 Å². The van der Waals surface area contributed by atoms with E-state index in [1.165, 1.54) is 128 Å². The van der Waals surface area contributed by atoms with Crippen LogP contribution in [0.3, 0.4) is 0 Å². The van der Waals surface area contributed by atoms with E-state index in [-0.39, 0.29) is 50.9 Å². The normalized spacial score (nSPS) is 14.2. The highest BCUT2D eigenvalue weighted by Crippen LogP contribution is 2.52. The molecular weight excluding hydrogens is 743 g/mol. The first kappa shape index (κ1) is 53.5. The average molecular weight is 831 g/mol. The summed E-state index contributed by atoms with van der Waals surface area (Å²) in [6.45, 7) is 6.58. The molecule has 0 radical (unpaired) electrons. The van der Waals surface area contributed by atoms with Crippen LogP contribution in [-0.2, 0) is 46.7 Å². The molecule has 0 saturated carbocycles. The zero-order valence-corrected chi connectivity index (χ0v) is 37.9. The molecule has 0 spiro atoms. The SMILES string of the molecule is CCCCCCCCCCCCCCCC(=O)OC[C@@H](COP1(=O)OCCO1)OC(=O)CCCCCCC(=O)OC(CCCCCCCC)CCCCCCCC. The number of rotatable bonds is 42. The first-order valence-corrected chi connectivity index (χ1v) is 25.4. The highest BCUT2D eigenvalue weighted by molar-refractivity contribution is 7.48. The van der Waals surface area contributed by atoms with Crippen LogP contribution in [0.4, 0.5) is 0 Å². The van der Waals surface area contributed by atoms with Gasteiger partial charge in [0.15, 0.2) is 6.10 Å². The van der Waals surface area contributed by atoms with Crippen molar-refractivity contribution >= 4 is 25.7 Å². The van der Waals surface area contributed by atoms with Gasteiger partial charge in [-0.3, -0.25) is 28.0 Å². The van der Waals surface area contributed by atoms with E-state index in [2.05, 4.69) is 20.8 Å². The van der Waals surface area contributed by atoms with Gasteiger partial charge in [-0.2, -0.15) is 0 Å². The molecule has 0 aromatic carbocycles. The lowest BCUT2D eigenvalue weighted by Crippen LogP contribution is -2.29. The third kappa shape index (κ3) is 34.0. The quantitative estimate of drug-likeness (QED) is 0.0254. The van der Waals surface area contributed by atoms with Gasteiger partial charge in [0.05, 0.1) is 19.8 Å². The summed E-state index contributed by atoms with van der Waals surface area (Å²) in [6, 6.07) is 0. The van der Waals surface area contributed by atoms with Gasteiger partial charge < -0.3 is 14.2 Å². The van der Waals surface area contributed by atoms with Crippen molar-refractivity contribution in [3.63, 3.8) is 0 Å². The van der Waals surface area contributed by atoms with Crippen LogP contribution < -0.4 is 0 Å². The Morgan fingerprint density at radius 2 is 0.772 bits per heavy atom. The summed E-state index contributed by atoms with van der Waals surface area (Å²) < 4.78 is 45.0. The summed E-state index contributed by atoms with van der Waals surface area (Å²) in [4.78, 5) is 38.0. The van der Waals surface area contributed by atoms with Gasteiger partial charge in [-0.25, -0.2) is 4.57 Å². The number of phosphoric acid groups is 1. The second-order valence-electron chi connectivity index (χ2n) is 16.3. The molecule has 1 atom stereocenters. The minimum atomic E-state index is -3.70. The molecule has 1 saturated heterocycles. The molecule has 11 heteroatoms. The highest BCUT2D eigenvalue weighted by atomic mass is 31.2. The number of carbonyl (C=O) groups is 3. The number of phosphoric ester groups is 1. The Morgan fingerprint density at radius 1 is 0.439 bits per heavy atom. The predicted molar refractivity (Wildman–Crippen MR) is 230 cm³/mol. The van der Waals surface area contributed by atoms with E-state index in [1.54, 1.807) is 0 Å². The van der Waals surface area contributed by atoms with E-state index in [9.17, 15) is 18.9 Å². The smallest absolute Gasteiger partial charge is 0.462 e. The minimum Gasteiger partial charge on any atom is -0.462 e. The molecular formula is C46H87O10P. The molecule has 1 fully saturated rings. The van der Waals surface area contributed by atoms with Crippen LogP contribution in [0.1, 0.15) is 239 Å². The largest absolute Gasteiger partial charge is 0.475 e. The molecule has 0 amide bonds. The van der Waals surface area contributed by atoms with Crippen molar-refractivity contribution in [1.29, 1.82) is 0 Å². The molecule has 57 heavy (non-hydrogen) atoms. The number of esters is 3. The number of hydrogen-bond donors (Lipinski definition) is 0. The molecule has 0 aliphatic carbocycles. The predicted octanol–water partition coefficient (Wildman–Crippen LogP) is 13.8. The Hall–Kier alpha value is -1.48. The van der Waals surface area contributed by atoms with Gasteiger partial charge in [0.1, 0.15) is 12.7 Å². The summed E-state index contributed by atoms with van der Waals surface area (Å²) in [5.41, 5.74) is 0. The summed E-state index contributed by atoms with van der Waals surface area (Å²) >= 11 is 0. The van der Waals surface area contributed by atoms with Gasteiger partial charge in [-0.15, -0.1) is 0 Å². The van der Waals surface area contributed by atoms with E-state index in [4.69, 9.17) is 27.8 Å². The fourth-order valence-corrected chi connectivity index (χ4v) is 8.36. The summed E-state index contributed by atoms with van der Waals surface area (Å²) in [6.07, 6.45) is 35.5. The molecule has 0 aromatic heterocycles. The average Bonchev–Trinajstić information content (AvgIpc) is 3.64. The molecule has 1 rings (SSSR count). The lowest BCUT2D eigenvalue weighted by atomic mass is 10.0. The molecule has 1 heterocycles. The van der Waals surface area contributed by atoms with Crippen molar-refractivity contribution < 1.29 is 46.7 Å². The van der Waals surface area contributed by atoms with Gasteiger partial charge in [0.2, 0.25) is 0 Å².